The summed E-state index contributed by atoms with van der Waals surface area (Å²) in [5, 5.41) is 9.22. The molecule has 0 saturated heterocycles. The van der Waals surface area contributed by atoms with E-state index in [1.807, 2.05) is 0 Å². The molecule has 18 heavy (non-hydrogen) atoms. The zero-order valence-corrected chi connectivity index (χ0v) is 11.5. The first-order valence-corrected chi connectivity index (χ1v) is 7.13. The molecule has 1 unspecified atom stereocenters. The monoisotopic (exact) mass is 275 g/mol. The van der Waals surface area contributed by atoms with Gasteiger partial charge in [0.05, 0.1) is 17.0 Å². The van der Waals surface area contributed by atoms with Crippen molar-refractivity contribution in [2.45, 2.75) is 37.6 Å². The molecule has 0 bridgehead atoms. The number of aryl methyl sites for hydroxylation is 1. The number of hydrogen-bond donors (Lipinski definition) is 2. The molecule has 2 N–H and O–H groups in total. The molecule has 0 aromatic heterocycles. The van der Waals surface area contributed by atoms with Gasteiger partial charge in [0.2, 0.25) is 10.0 Å². The van der Waals surface area contributed by atoms with Gasteiger partial charge in [0, 0.05) is 0 Å². The van der Waals surface area contributed by atoms with Gasteiger partial charge in [0.15, 0.2) is 0 Å². The van der Waals surface area contributed by atoms with Crippen LogP contribution in [0.5, 0.6) is 0 Å². The third-order valence-electron chi connectivity index (χ3n) is 2.94. The smallest absolute Gasteiger partial charge is 0.241 e. The minimum atomic E-state index is -3.77. The van der Waals surface area contributed by atoms with Gasteiger partial charge in [0.25, 0.3) is 0 Å². The summed E-state index contributed by atoms with van der Waals surface area (Å²) in [6.07, 6.45) is 0.447. The fourth-order valence-corrected chi connectivity index (χ4v) is 3.21. The molecule has 0 aliphatic heterocycles. The average molecular weight is 275 g/mol. The van der Waals surface area contributed by atoms with Gasteiger partial charge in [-0.2, -0.15) is 0 Å². The van der Waals surface area contributed by atoms with Gasteiger partial charge in [-0.25, -0.2) is 17.5 Å². The Labute approximate surface area is 107 Å². The van der Waals surface area contributed by atoms with Gasteiger partial charge in [-0.1, -0.05) is 6.92 Å². The van der Waals surface area contributed by atoms with Crippen LogP contribution in [0.25, 0.3) is 0 Å². The van der Waals surface area contributed by atoms with Gasteiger partial charge < -0.3 is 5.11 Å². The van der Waals surface area contributed by atoms with Crippen LogP contribution in [0, 0.1) is 12.7 Å². The highest BCUT2D eigenvalue weighted by molar-refractivity contribution is 7.89. The van der Waals surface area contributed by atoms with Crippen LogP contribution < -0.4 is 4.72 Å². The lowest BCUT2D eigenvalue weighted by atomic mass is 10.0. The Kier molecular flexibility index (Phi) is 4.47. The first-order valence-electron chi connectivity index (χ1n) is 5.65. The molecule has 0 heterocycles. The molecule has 0 aliphatic carbocycles. The van der Waals surface area contributed by atoms with Gasteiger partial charge in [-0.3, -0.25) is 0 Å². The normalized spacial score (nSPS) is 15.4. The average Bonchev–Trinajstić information content (AvgIpc) is 2.27. The fraction of sp³-hybridized carbons (Fsp3) is 0.500. The molecule has 1 atom stereocenters. The maximum atomic E-state index is 13.0. The van der Waals surface area contributed by atoms with E-state index in [4.69, 9.17) is 0 Å². The zero-order valence-electron chi connectivity index (χ0n) is 10.7. The standard InChI is InChI=1S/C12H18FNO3S/c1-4-12(3,8-15)14-18(16,17)11-6-5-10(13)7-9(11)2/h5-7,14-15H,4,8H2,1-3H3. The Balaban J connectivity index is 3.15. The van der Waals surface area contributed by atoms with Crippen LogP contribution in [-0.2, 0) is 10.0 Å². The van der Waals surface area contributed by atoms with Gasteiger partial charge in [0.1, 0.15) is 5.82 Å². The summed E-state index contributed by atoms with van der Waals surface area (Å²) < 4.78 is 39.7. The maximum absolute atomic E-state index is 13.0. The minimum Gasteiger partial charge on any atom is -0.394 e. The largest absolute Gasteiger partial charge is 0.394 e. The van der Waals surface area contributed by atoms with Crippen LogP contribution in [0.15, 0.2) is 23.1 Å². The van der Waals surface area contributed by atoms with Crippen molar-refractivity contribution in [3.63, 3.8) is 0 Å². The number of benzene rings is 1. The molecule has 1 aromatic carbocycles. The number of rotatable bonds is 5. The first kappa shape index (κ1) is 15.1. The molecule has 0 radical (unpaired) electrons. The van der Waals surface area contributed by atoms with Crippen molar-refractivity contribution < 1.29 is 17.9 Å². The second-order valence-electron chi connectivity index (χ2n) is 4.59. The summed E-state index contributed by atoms with van der Waals surface area (Å²) >= 11 is 0. The molecule has 0 spiro atoms. The van der Waals surface area contributed by atoms with Crippen molar-refractivity contribution in [3.05, 3.63) is 29.6 Å². The van der Waals surface area contributed by atoms with E-state index in [1.54, 1.807) is 13.8 Å². The third kappa shape index (κ3) is 3.28. The lowest BCUT2D eigenvalue weighted by Crippen LogP contribution is -2.48. The molecule has 1 rings (SSSR count). The van der Waals surface area contributed by atoms with E-state index in [9.17, 15) is 17.9 Å². The van der Waals surface area contributed by atoms with Crippen molar-refractivity contribution in [1.82, 2.24) is 4.72 Å². The summed E-state index contributed by atoms with van der Waals surface area (Å²) in [5.74, 6) is -0.480. The van der Waals surface area contributed by atoms with Crippen molar-refractivity contribution in [2.24, 2.45) is 0 Å². The Morgan fingerprint density at radius 1 is 1.44 bits per heavy atom. The lowest BCUT2D eigenvalue weighted by Gasteiger charge is -2.27. The van der Waals surface area contributed by atoms with Gasteiger partial charge >= 0.3 is 0 Å². The van der Waals surface area contributed by atoms with Gasteiger partial charge in [-0.15, -0.1) is 0 Å². The molecule has 0 fully saturated rings. The lowest BCUT2D eigenvalue weighted by molar-refractivity contribution is 0.191. The highest BCUT2D eigenvalue weighted by Crippen LogP contribution is 2.19. The molecule has 0 amide bonds. The summed E-state index contributed by atoms with van der Waals surface area (Å²) in [7, 11) is -3.77. The van der Waals surface area contributed by atoms with Crippen molar-refractivity contribution in [1.29, 1.82) is 0 Å². The number of nitrogens with one attached hydrogen (secondary N) is 1. The number of hydrogen-bond acceptors (Lipinski definition) is 3. The van der Waals surface area contributed by atoms with Crippen LogP contribution >= 0.6 is 0 Å². The summed E-state index contributed by atoms with van der Waals surface area (Å²) in [5.41, 5.74) is -0.585. The summed E-state index contributed by atoms with van der Waals surface area (Å²) in [6, 6.07) is 3.49. The quantitative estimate of drug-likeness (QED) is 0.857. The Bertz CT molecular complexity index is 524. The zero-order chi connectivity index (χ0) is 14.0. The first-order chi connectivity index (χ1) is 8.24. The van der Waals surface area contributed by atoms with Crippen molar-refractivity contribution >= 4 is 10.0 Å². The van der Waals surface area contributed by atoms with E-state index in [1.165, 1.54) is 13.0 Å². The molecular formula is C12H18FNO3S. The van der Waals surface area contributed by atoms with E-state index < -0.39 is 21.4 Å². The molecule has 1 aromatic rings. The number of halogens is 1. The highest BCUT2D eigenvalue weighted by Gasteiger charge is 2.29. The minimum absolute atomic E-state index is 0.0250. The topological polar surface area (TPSA) is 66.4 Å². The second-order valence-corrected chi connectivity index (χ2v) is 6.24. The molecule has 4 nitrogen and oxygen atoms in total. The Morgan fingerprint density at radius 3 is 2.50 bits per heavy atom. The molecule has 0 saturated carbocycles. The number of aliphatic hydroxyl groups excluding tert-OH is 1. The maximum Gasteiger partial charge on any atom is 0.241 e. The van der Waals surface area contributed by atoms with E-state index in [0.29, 0.717) is 12.0 Å². The van der Waals surface area contributed by atoms with Crippen LogP contribution in [0.1, 0.15) is 25.8 Å². The van der Waals surface area contributed by atoms with Crippen LogP contribution in [0.3, 0.4) is 0 Å². The highest BCUT2D eigenvalue weighted by atomic mass is 32.2. The van der Waals surface area contributed by atoms with E-state index in [-0.39, 0.29) is 11.5 Å². The molecule has 102 valence electrons. The predicted molar refractivity (Wildman–Crippen MR) is 67.2 cm³/mol. The second kappa shape index (κ2) is 5.34. The molecule has 0 aliphatic rings. The van der Waals surface area contributed by atoms with E-state index >= 15 is 0 Å². The molecular weight excluding hydrogens is 257 g/mol. The molecule has 6 heteroatoms. The van der Waals surface area contributed by atoms with Crippen molar-refractivity contribution in [3.8, 4) is 0 Å². The summed E-state index contributed by atoms with van der Waals surface area (Å²) in [6.45, 7) is 4.61. The third-order valence-corrected chi connectivity index (χ3v) is 4.74. The van der Waals surface area contributed by atoms with Gasteiger partial charge in [-0.05, 0) is 44.0 Å². The van der Waals surface area contributed by atoms with Crippen LogP contribution in [0.4, 0.5) is 4.39 Å². The SMILES string of the molecule is CCC(C)(CO)NS(=O)(=O)c1ccc(F)cc1C. The fourth-order valence-electron chi connectivity index (χ4n) is 1.51. The Morgan fingerprint density at radius 2 is 2.06 bits per heavy atom. The number of aliphatic hydroxyl groups is 1. The summed E-state index contributed by atoms with van der Waals surface area (Å²) in [4.78, 5) is 0.0250. The van der Waals surface area contributed by atoms with E-state index in [0.717, 1.165) is 12.1 Å². The van der Waals surface area contributed by atoms with Crippen molar-refractivity contribution in [2.75, 3.05) is 6.61 Å². The van der Waals surface area contributed by atoms with Crippen LogP contribution in [-0.4, -0.2) is 25.7 Å². The Hall–Kier alpha value is -0.980. The van der Waals surface area contributed by atoms with E-state index in [2.05, 4.69) is 4.72 Å². The predicted octanol–water partition coefficient (Wildman–Crippen LogP) is 1.57. The van der Waals surface area contributed by atoms with Crippen LogP contribution in [0.2, 0.25) is 0 Å². The number of sulfonamides is 1.